The van der Waals surface area contributed by atoms with Crippen LogP contribution in [0.3, 0.4) is 0 Å². The highest BCUT2D eigenvalue weighted by molar-refractivity contribution is 6.05. The summed E-state index contributed by atoms with van der Waals surface area (Å²) in [6.07, 6.45) is 0.794. The number of nitrogens with one attached hydrogen (secondary N) is 1. The second-order valence-electron chi connectivity index (χ2n) is 6.30. The number of benzene rings is 2. The van der Waals surface area contributed by atoms with Crippen LogP contribution in [0.1, 0.15) is 27.0 Å². The van der Waals surface area contributed by atoms with Crippen LogP contribution in [0, 0.1) is 6.92 Å². The standard InChI is InChI=1S/C22H19NO4/c1-14-11-19(24)21(26)20(25)13-18(14)22(27)23-17-9-7-16(8-10-17)12-15-5-3-2-4-6-15/h2-11,13H,12H2,1H3,(H,23,27)(H2,24,25,26). The summed E-state index contributed by atoms with van der Waals surface area (Å²) in [5.74, 6) is -1.88. The number of carbonyl (C=O) groups is 1. The molecule has 0 saturated heterocycles. The van der Waals surface area contributed by atoms with E-state index in [-0.39, 0.29) is 5.56 Å². The zero-order valence-electron chi connectivity index (χ0n) is 14.8. The van der Waals surface area contributed by atoms with Crippen molar-refractivity contribution in [2.24, 2.45) is 0 Å². The molecule has 3 N–H and O–H groups in total. The molecule has 0 heterocycles. The normalized spacial score (nSPS) is 10.4. The molecule has 0 radical (unpaired) electrons. The first-order chi connectivity index (χ1) is 12.9. The molecule has 1 amide bonds. The molecule has 3 aromatic carbocycles. The Labute approximate surface area is 156 Å². The van der Waals surface area contributed by atoms with Crippen molar-refractivity contribution in [2.75, 3.05) is 5.32 Å². The minimum atomic E-state index is -0.776. The fraction of sp³-hybridized carbons (Fsp3) is 0.0909. The molecular weight excluding hydrogens is 342 g/mol. The van der Waals surface area contributed by atoms with E-state index in [1.807, 2.05) is 30.3 Å². The lowest BCUT2D eigenvalue weighted by molar-refractivity contribution is 0.102. The molecule has 0 atom stereocenters. The number of carbonyl (C=O) groups excluding carboxylic acids is 1. The van der Waals surface area contributed by atoms with Crippen LogP contribution in [-0.2, 0) is 6.42 Å². The summed E-state index contributed by atoms with van der Waals surface area (Å²) in [5, 5.41) is 22.0. The van der Waals surface area contributed by atoms with Crippen LogP contribution < -0.4 is 10.7 Å². The van der Waals surface area contributed by atoms with Crippen molar-refractivity contribution in [3.63, 3.8) is 0 Å². The van der Waals surface area contributed by atoms with Crippen LogP contribution in [0.2, 0.25) is 0 Å². The van der Waals surface area contributed by atoms with Crippen LogP contribution in [0.25, 0.3) is 0 Å². The summed E-state index contributed by atoms with van der Waals surface area (Å²) in [6, 6.07) is 19.7. The molecule has 0 aromatic heterocycles. The smallest absolute Gasteiger partial charge is 0.256 e. The van der Waals surface area contributed by atoms with Gasteiger partial charge in [-0.05, 0) is 54.3 Å². The van der Waals surface area contributed by atoms with Gasteiger partial charge in [0.2, 0.25) is 11.2 Å². The lowest BCUT2D eigenvalue weighted by Crippen LogP contribution is -2.13. The molecule has 5 nitrogen and oxygen atoms in total. The molecule has 3 rings (SSSR count). The van der Waals surface area contributed by atoms with E-state index < -0.39 is 22.8 Å². The number of rotatable bonds is 4. The maximum Gasteiger partial charge on any atom is 0.256 e. The number of amides is 1. The second kappa shape index (κ2) is 7.74. The molecule has 0 fully saturated rings. The van der Waals surface area contributed by atoms with Gasteiger partial charge in [0.1, 0.15) is 0 Å². The van der Waals surface area contributed by atoms with Crippen LogP contribution in [0.4, 0.5) is 5.69 Å². The average Bonchev–Trinajstić information content (AvgIpc) is 2.76. The third-order valence-corrected chi connectivity index (χ3v) is 4.24. The van der Waals surface area contributed by atoms with Gasteiger partial charge in [-0.25, -0.2) is 0 Å². The monoisotopic (exact) mass is 361 g/mol. The SMILES string of the molecule is Cc1cc(=O)c(O)c(O)cc1C(=O)Nc1ccc(Cc2ccccc2)cc1. The van der Waals surface area contributed by atoms with Crippen molar-refractivity contribution in [1.29, 1.82) is 0 Å². The van der Waals surface area contributed by atoms with Gasteiger partial charge in [0, 0.05) is 11.3 Å². The lowest BCUT2D eigenvalue weighted by atomic mass is 10.0. The van der Waals surface area contributed by atoms with Gasteiger partial charge in [0.05, 0.1) is 0 Å². The molecule has 0 unspecified atom stereocenters. The quantitative estimate of drug-likeness (QED) is 0.662. The molecule has 0 spiro atoms. The number of anilines is 1. The minimum Gasteiger partial charge on any atom is -0.504 e. The van der Waals surface area contributed by atoms with Gasteiger partial charge in [0.25, 0.3) is 5.91 Å². The van der Waals surface area contributed by atoms with E-state index in [9.17, 15) is 19.8 Å². The van der Waals surface area contributed by atoms with Gasteiger partial charge in [-0.3, -0.25) is 9.59 Å². The molecular formula is C22H19NO4. The van der Waals surface area contributed by atoms with Crippen LogP contribution in [0.15, 0.2) is 71.5 Å². The maximum absolute atomic E-state index is 12.5. The molecule has 0 saturated carbocycles. The molecule has 0 aliphatic carbocycles. The first kappa shape index (κ1) is 18.2. The zero-order chi connectivity index (χ0) is 19.4. The number of hydrogen-bond donors (Lipinski definition) is 3. The van der Waals surface area contributed by atoms with Crippen molar-refractivity contribution in [2.45, 2.75) is 13.3 Å². The average molecular weight is 361 g/mol. The summed E-state index contributed by atoms with van der Waals surface area (Å²) in [6.45, 7) is 1.57. The minimum absolute atomic E-state index is 0.110. The van der Waals surface area contributed by atoms with Crippen molar-refractivity contribution in [3.05, 3.63) is 99.2 Å². The number of hydrogen-bond acceptors (Lipinski definition) is 4. The van der Waals surface area contributed by atoms with E-state index in [0.717, 1.165) is 24.1 Å². The Bertz CT molecular complexity index is 1030. The summed E-state index contributed by atoms with van der Waals surface area (Å²) in [4.78, 5) is 24.2. The van der Waals surface area contributed by atoms with E-state index in [1.54, 1.807) is 19.1 Å². The van der Waals surface area contributed by atoms with Crippen molar-refractivity contribution >= 4 is 11.6 Å². The van der Waals surface area contributed by atoms with Crippen molar-refractivity contribution in [3.8, 4) is 11.5 Å². The zero-order valence-corrected chi connectivity index (χ0v) is 14.8. The molecule has 136 valence electrons. The van der Waals surface area contributed by atoms with Gasteiger partial charge in [0.15, 0.2) is 5.75 Å². The Morgan fingerprint density at radius 2 is 1.56 bits per heavy atom. The number of aromatic hydroxyl groups is 2. The fourth-order valence-electron chi connectivity index (χ4n) is 2.77. The third kappa shape index (κ3) is 4.33. The van der Waals surface area contributed by atoms with Gasteiger partial charge in [-0.1, -0.05) is 42.5 Å². The molecule has 27 heavy (non-hydrogen) atoms. The Kier molecular flexibility index (Phi) is 5.22. The Balaban J connectivity index is 1.78. The molecule has 3 aromatic rings. The highest BCUT2D eigenvalue weighted by Crippen LogP contribution is 2.22. The first-order valence-corrected chi connectivity index (χ1v) is 8.45. The van der Waals surface area contributed by atoms with Crippen molar-refractivity contribution < 1.29 is 15.0 Å². The van der Waals surface area contributed by atoms with E-state index in [2.05, 4.69) is 17.4 Å². The van der Waals surface area contributed by atoms with Gasteiger partial charge < -0.3 is 15.5 Å². The Morgan fingerprint density at radius 3 is 2.22 bits per heavy atom. The summed E-state index contributed by atoms with van der Waals surface area (Å²) < 4.78 is 0. The fourth-order valence-corrected chi connectivity index (χ4v) is 2.77. The molecule has 0 aliphatic rings. The number of aryl methyl sites for hydroxylation is 1. The second-order valence-corrected chi connectivity index (χ2v) is 6.30. The topological polar surface area (TPSA) is 86.6 Å². The lowest BCUT2D eigenvalue weighted by Gasteiger charge is -2.08. The van der Waals surface area contributed by atoms with Gasteiger partial charge in [-0.15, -0.1) is 0 Å². The van der Waals surface area contributed by atoms with Crippen LogP contribution in [-0.4, -0.2) is 16.1 Å². The molecule has 5 heteroatoms. The van der Waals surface area contributed by atoms with Gasteiger partial charge >= 0.3 is 0 Å². The molecule has 0 aliphatic heterocycles. The van der Waals surface area contributed by atoms with Crippen molar-refractivity contribution in [1.82, 2.24) is 0 Å². The highest BCUT2D eigenvalue weighted by atomic mass is 16.3. The summed E-state index contributed by atoms with van der Waals surface area (Å²) >= 11 is 0. The highest BCUT2D eigenvalue weighted by Gasteiger charge is 2.13. The van der Waals surface area contributed by atoms with Gasteiger partial charge in [-0.2, -0.15) is 0 Å². The summed E-state index contributed by atoms with van der Waals surface area (Å²) in [7, 11) is 0. The van der Waals surface area contributed by atoms with E-state index >= 15 is 0 Å². The van der Waals surface area contributed by atoms with Crippen LogP contribution >= 0.6 is 0 Å². The van der Waals surface area contributed by atoms with Crippen LogP contribution in [0.5, 0.6) is 11.5 Å². The maximum atomic E-state index is 12.5. The Morgan fingerprint density at radius 1 is 0.926 bits per heavy atom. The Hall–Kier alpha value is -3.60. The first-order valence-electron chi connectivity index (χ1n) is 8.45. The van der Waals surface area contributed by atoms with E-state index in [1.165, 1.54) is 5.56 Å². The third-order valence-electron chi connectivity index (χ3n) is 4.24. The van der Waals surface area contributed by atoms with E-state index in [4.69, 9.17) is 0 Å². The predicted molar refractivity (Wildman–Crippen MR) is 104 cm³/mol. The largest absolute Gasteiger partial charge is 0.504 e. The van der Waals surface area contributed by atoms with E-state index in [0.29, 0.717) is 11.3 Å². The summed E-state index contributed by atoms with van der Waals surface area (Å²) in [5.41, 5.74) is 2.63. The molecule has 0 bridgehead atoms. The predicted octanol–water partition coefficient (Wildman–Crippen LogP) is 3.61.